The van der Waals surface area contributed by atoms with E-state index in [0.29, 0.717) is 38.5 Å². The number of rotatable bonds is 34. The molecular formula is C70H135N15O33S10. The molecule has 58 heteroatoms. The molecule has 0 radical (unpaired) electrons. The van der Waals surface area contributed by atoms with E-state index in [9.17, 15) is 132 Å². The lowest BCUT2D eigenvalue weighted by atomic mass is 10.2. The molecule has 6 aliphatic carbocycles. The summed E-state index contributed by atoms with van der Waals surface area (Å²) in [6, 6.07) is 8.07. The molecule has 10 amide bonds. The van der Waals surface area contributed by atoms with E-state index in [-0.39, 0.29) is 82.4 Å². The Bertz CT molecular complexity index is 4960. The second-order valence-corrected chi connectivity index (χ2v) is 49.2. The van der Waals surface area contributed by atoms with Gasteiger partial charge in [-0.1, -0.05) is 157 Å². The molecule has 0 unspecified atom stereocenters. The van der Waals surface area contributed by atoms with E-state index in [2.05, 4.69) is 27.7 Å². The molecule has 0 bridgehead atoms. The third kappa shape index (κ3) is 58.7. The molecular weight excluding hydrogens is 1900 g/mol. The molecule has 128 heavy (non-hydrogen) atoms. The second kappa shape index (κ2) is 53.6. The summed E-state index contributed by atoms with van der Waals surface area (Å²) in [7, 11) is -31.5. The third-order valence-corrected chi connectivity index (χ3v) is 28.7. The minimum Gasteiger partial charge on any atom is -0.367 e. The number of benzene rings is 1. The fraction of sp³-hybridized carbons (Fsp3) is 0.771. The minimum absolute atomic E-state index is 0.0254. The summed E-state index contributed by atoms with van der Waals surface area (Å²) in [6.07, 6.45) is 8.83. The normalized spacial score (nSPS) is 15.7. The zero-order valence-electron chi connectivity index (χ0n) is 77.0. The van der Waals surface area contributed by atoms with E-state index in [1.54, 1.807) is 175 Å². The van der Waals surface area contributed by atoms with E-state index in [1.807, 2.05) is 37.8 Å². The standard InChI is InChI=1S/C10H13NO4S.C8H16N2O3S.C8H15NO4S.C8H15NO3S.C7H14N2O3S.C7H13NO4S.C7H13NO3S.C6H14N2O3S.C5H12N2O3S.C4H10N2O3S/c1-8(2)10(12)11-16(13,14)15-9-6-4-3-5-7-9;1-6(2)8(11)9-14(12,13)10(3)7-4-5-7;1-6(2)7(10)9-14(11,12)13-8(3)4-5-8;1-6(2)7(10)9-13(11,12)8(3)4-5-8;1-5(2)7(10)9-13(11,12)8-6-3-4-6;1-5(2)7(9)8-13(10,11)12-6-3-4-6;1-5(2)7(9)8-12(10,11)6-3-4-6;1-5(2)6(9)7-12(10,11)8(3)4;1-4(2)5(8)7-11(9,10)6-3;1-3(2)4(7)6-10(5,8)9/h3-8H,1-2H3,(H,11,12);6-7H,4-5H2,1-3H3,(H,9,11);6H,4-5H2,1-3H3,(H,9,10);6H,4-5H2,1-3H3,(H,9,10);5-6,8H,3-4H2,1-2H3,(H,9,10);5-6H,3-4H2,1-2H3,(H,8,9);5-6H,3-4H2,1-2H3,(H,8,9);5H,1-4H3,(H,7,9);4,6H,1-3H3,(H,7,8);3H,1-2H3,(H,6,7)(H2,5,8,9). The first kappa shape index (κ1) is 125. The lowest BCUT2D eigenvalue weighted by Crippen LogP contribution is -2.43. The van der Waals surface area contributed by atoms with Gasteiger partial charge in [-0.25, -0.2) is 68.7 Å². The van der Waals surface area contributed by atoms with E-state index in [4.69, 9.17) is 4.18 Å². The molecule has 0 aliphatic heterocycles. The fourth-order valence-corrected chi connectivity index (χ4v) is 16.6. The second-order valence-electron chi connectivity index (χ2n) is 33.2. The Balaban J connectivity index is -0.00000136. The van der Waals surface area contributed by atoms with Crippen LogP contribution in [0.25, 0.3) is 0 Å². The van der Waals surface area contributed by atoms with Crippen LogP contribution in [0.4, 0.5) is 0 Å². The van der Waals surface area contributed by atoms with Crippen molar-refractivity contribution in [3.8, 4) is 5.75 Å². The maximum atomic E-state index is 11.5. The highest BCUT2D eigenvalue weighted by molar-refractivity contribution is 7.92. The average molecular weight is 2040 g/mol. The summed E-state index contributed by atoms with van der Waals surface area (Å²) in [5.74, 6) is -8.34. The number of hydrogen-bond acceptors (Lipinski definition) is 33. The van der Waals surface area contributed by atoms with Crippen molar-refractivity contribution in [2.45, 2.75) is 263 Å². The monoisotopic (exact) mass is 2030 g/mol. The SMILES string of the molecule is CC(C)C(=O)NS(=O)(=O)C1(C)CC1.CC(C)C(=O)NS(=O)(=O)C1CC1.CC(C)C(=O)NS(=O)(=O)N(C)C.CC(C)C(=O)NS(=O)(=O)N(C)C1CC1.CC(C)C(=O)NS(=O)(=O)NC1CC1.CC(C)C(=O)NS(=O)(=O)OC1(C)CC1.CC(C)C(=O)NS(=O)(=O)OC1CC1.CC(C)C(=O)NS(=O)(=O)Oc1ccccc1.CC(C)C(=O)NS(N)(=O)=O.CNS(=O)(=O)NC(=O)C(C)C. The van der Waals surface area contributed by atoms with Gasteiger partial charge in [0.15, 0.2) is 0 Å². The van der Waals surface area contributed by atoms with Gasteiger partial charge in [0.05, 0.1) is 21.7 Å². The van der Waals surface area contributed by atoms with Crippen molar-refractivity contribution < 1.29 is 145 Å². The van der Waals surface area contributed by atoms with Crippen LogP contribution in [0, 0.1) is 59.2 Å². The van der Waals surface area contributed by atoms with Gasteiger partial charge < -0.3 is 4.18 Å². The van der Waals surface area contributed by atoms with Gasteiger partial charge >= 0.3 is 71.7 Å². The largest absolute Gasteiger partial charge is 0.409 e. The van der Waals surface area contributed by atoms with Crippen molar-refractivity contribution in [1.29, 1.82) is 0 Å². The van der Waals surface area contributed by atoms with Crippen molar-refractivity contribution in [2.24, 2.45) is 64.3 Å². The van der Waals surface area contributed by atoms with Gasteiger partial charge in [0.1, 0.15) is 5.75 Å². The number of sulfonamides is 2. The Kier molecular flexibility index (Phi) is 52.4. The van der Waals surface area contributed by atoms with Gasteiger partial charge in [0.25, 0.3) is 10.2 Å². The van der Waals surface area contributed by atoms with Crippen molar-refractivity contribution in [3.05, 3.63) is 30.3 Å². The zero-order valence-corrected chi connectivity index (χ0v) is 85.1. The maximum Gasteiger partial charge on any atom is 0.409 e. The van der Waals surface area contributed by atoms with E-state index in [0.717, 1.165) is 42.8 Å². The lowest BCUT2D eigenvalue weighted by molar-refractivity contribution is -0.123. The number of hydrogen-bond donors (Lipinski definition) is 13. The first-order valence-corrected chi connectivity index (χ1v) is 54.6. The number of nitrogens with two attached hydrogens (primary N) is 1. The number of para-hydroxylation sites is 1. The number of carbonyl (C=O) groups is 10. The number of nitrogens with zero attached hydrogens (tertiary/aromatic N) is 2. The van der Waals surface area contributed by atoms with Crippen LogP contribution in [0.3, 0.4) is 0 Å². The molecule has 0 aromatic heterocycles. The molecule has 7 rings (SSSR count). The molecule has 0 heterocycles. The van der Waals surface area contributed by atoms with Gasteiger partial charge in [0.2, 0.25) is 79.1 Å². The summed E-state index contributed by atoms with van der Waals surface area (Å²) in [5, 5.41) is 4.20. The lowest BCUT2D eigenvalue weighted by Gasteiger charge is -2.17. The van der Waals surface area contributed by atoms with Crippen LogP contribution >= 0.6 is 0 Å². The molecule has 6 saturated carbocycles. The summed E-state index contributed by atoms with van der Waals surface area (Å²) in [4.78, 5) is 110. The topological polar surface area (TPSA) is 717 Å². The molecule has 0 saturated heterocycles. The van der Waals surface area contributed by atoms with Crippen LogP contribution in [-0.4, -0.2) is 214 Å². The Morgan fingerprint density at radius 2 is 0.695 bits per heavy atom. The molecule has 748 valence electrons. The summed E-state index contributed by atoms with van der Waals surface area (Å²) < 4.78 is 261. The quantitative estimate of drug-likeness (QED) is 0.0442. The van der Waals surface area contributed by atoms with Gasteiger partial charge in [-0.05, 0) is 103 Å². The number of nitrogens with one attached hydrogen (secondary N) is 12. The predicted molar refractivity (Wildman–Crippen MR) is 473 cm³/mol. The van der Waals surface area contributed by atoms with Crippen LogP contribution in [0.2, 0.25) is 0 Å². The summed E-state index contributed by atoms with van der Waals surface area (Å²) in [6.45, 7) is 35.9. The van der Waals surface area contributed by atoms with Crippen LogP contribution in [-0.2, 0) is 158 Å². The number of amides is 10. The molecule has 1 aromatic carbocycles. The highest BCUT2D eigenvalue weighted by Gasteiger charge is 2.51. The highest BCUT2D eigenvalue weighted by Crippen LogP contribution is 2.42. The first-order valence-electron chi connectivity index (χ1n) is 39.9. The van der Waals surface area contributed by atoms with Crippen LogP contribution in [0.5, 0.6) is 5.75 Å². The molecule has 48 nitrogen and oxygen atoms in total. The Morgan fingerprint density at radius 3 is 1.00 bits per heavy atom. The molecule has 1 aromatic rings. The Hall–Kier alpha value is -7.06. The van der Waals surface area contributed by atoms with Crippen molar-refractivity contribution in [1.82, 2.24) is 65.3 Å². The van der Waals surface area contributed by atoms with Gasteiger partial charge in [0, 0.05) is 99.5 Å². The van der Waals surface area contributed by atoms with Crippen LogP contribution in [0.15, 0.2) is 30.3 Å². The van der Waals surface area contributed by atoms with Gasteiger partial charge in [-0.2, -0.15) is 80.7 Å². The molecule has 0 spiro atoms. The van der Waals surface area contributed by atoms with Crippen molar-refractivity contribution >= 4 is 161 Å². The van der Waals surface area contributed by atoms with E-state index < -0.39 is 177 Å². The Labute approximate surface area is 757 Å². The fourth-order valence-electron chi connectivity index (χ4n) is 6.34. The molecule has 0 atom stereocenters. The first-order chi connectivity index (χ1) is 57.5. The molecule has 6 aliphatic rings. The minimum atomic E-state index is -4.08. The Morgan fingerprint density at radius 1 is 0.375 bits per heavy atom. The van der Waals surface area contributed by atoms with Gasteiger partial charge in [-0.3, -0.25) is 61.6 Å². The molecule has 6 fully saturated rings. The maximum absolute atomic E-state index is 11.5. The summed E-state index contributed by atoms with van der Waals surface area (Å²) >= 11 is 0. The molecule has 14 N–H and O–H groups in total. The highest BCUT2D eigenvalue weighted by atomic mass is 32.3. The van der Waals surface area contributed by atoms with Crippen molar-refractivity contribution in [2.75, 3.05) is 28.2 Å². The smallest absolute Gasteiger partial charge is 0.367 e. The van der Waals surface area contributed by atoms with Gasteiger partial charge in [-0.15, -0.1) is 0 Å². The van der Waals surface area contributed by atoms with E-state index >= 15 is 0 Å². The van der Waals surface area contributed by atoms with E-state index in [1.165, 1.54) is 44.6 Å². The third-order valence-electron chi connectivity index (χ3n) is 16.2. The number of carbonyl (C=O) groups excluding carboxylic acids is 10. The average Bonchev–Trinajstić information content (AvgIpc) is 1.61. The van der Waals surface area contributed by atoms with Crippen LogP contribution < -0.4 is 66.0 Å². The summed E-state index contributed by atoms with van der Waals surface area (Å²) in [5.41, 5.74) is -0.594. The zero-order chi connectivity index (χ0) is 101. The van der Waals surface area contributed by atoms with Crippen molar-refractivity contribution in [3.63, 3.8) is 0 Å². The predicted octanol–water partition coefficient (Wildman–Crippen LogP) is 0.332. The van der Waals surface area contributed by atoms with Crippen LogP contribution in [0.1, 0.15) is 229 Å².